The Hall–Kier alpha value is -5.30. The van der Waals surface area contributed by atoms with Crippen LogP contribution >= 0.6 is 0 Å². The van der Waals surface area contributed by atoms with Crippen LogP contribution in [0.15, 0.2) is 78.9 Å². The molecule has 3 atom stereocenters. The van der Waals surface area contributed by atoms with E-state index in [4.69, 9.17) is 15.9 Å². The number of hydrogen-bond acceptors (Lipinski definition) is 7. The predicted octanol–water partition coefficient (Wildman–Crippen LogP) is 7.42. The van der Waals surface area contributed by atoms with E-state index in [-0.39, 0.29) is 25.1 Å². The van der Waals surface area contributed by atoms with E-state index in [2.05, 4.69) is 23.5 Å². The molecule has 10 heteroatoms. The van der Waals surface area contributed by atoms with Gasteiger partial charge in [0.1, 0.15) is 35.1 Å². The van der Waals surface area contributed by atoms with Crippen LogP contribution in [0.4, 0.5) is 4.79 Å². The maximum absolute atomic E-state index is 15.0. The number of carbonyl (C=O) groups excluding carboxylic acids is 4. The van der Waals surface area contributed by atoms with Crippen molar-refractivity contribution in [3.63, 3.8) is 0 Å². The van der Waals surface area contributed by atoms with Crippen LogP contribution in [0, 0.1) is 12.3 Å². The summed E-state index contributed by atoms with van der Waals surface area (Å²) >= 11 is 0. The van der Waals surface area contributed by atoms with E-state index in [1.807, 2.05) is 30.3 Å². The van der Waals surface area contributed by atoms with E-state index in [0.29, 0.717) is 23.1 Å². The minimum Gasteiger partial charge on any atom is -0.508 e. The van der Waals surface area contributed by atoms with Gasteiger partial charge in [-0.05, 0) is 82.9 Å². The standard InChI is InChI=1S/C44H57N3O7/c1-9-11-12-13-19-28-47(40(50)36(46-42(52)54-44(6,7)8)29-32-24-26-34(48)27-25-32)38(35-23-18-17-22-33(35)10-2)39(49)45-37(41(51)53-43(3,4)5)30-31-20-15-14-16-21-31/h2,14-18,20-27,36-38,48H,9,11-13,19,28-30H2,1,3-8H3,(H,45,49)(H,46,52). The summed E-state index contributed by atoms with van der Waals surface area (Å²) in [6, 6.07) is 18.9. The smallest absolute Gasteiger partial charge is 0.408 e. The molecular formula is C44H57N3O7. The van der Waals surface area contributed by atoms with Crippen LogP contribution in [0.3, 0.4) is 0 Å². The number of amides is 3. The lowest BCUT2D eigenvalue weighted by Gasteiger charge is -2.36. The molecule has 10 nitrogen and oxygen atoms in total. The SMILES string of the molecule is C#Cc1ccccc1C(C(=O)NC(Cc1ccccc1)C(=O)OC(C)(C)C)N(CCCCCCC)C(=O)C(Cc1ccc(O)cc1)NC(=O)OC(C)(C)C. The molecule has 0 aliphatic heterocycles. The van der Waals surface area contributed by atoms with Crippen molar-refractivity contribution >= 4 is 23.9 Å². The average Bonchev–Trinajstić information content (AvgIpc) is 3.10. The van der Waals surface area contributed by atoms with Crippen molar-refractivity contribution in [3.8, 4) is 18.1 Å². The number of alkyl carbamates (subject to hydrolysis) is 1. The zero-order chi connectivity index (χ0) is 39.9. The number of hydrogen-bond donors (Lipinski definition) is 3. The van der Waals surface area contributed by atoms with Gasteiger partial charge in [-0.25, -0.2) is 9.59 Å². The molecule has 290 valence electrons. The number of unbranched alkanes of at least 4 members (excludes halogenated alkanes) is 4. The van der Waals surface area contributed by atoms with Gasteiger partial charge in [0.2, 0.25) is 11.8 Å². The number of benzene rings is 3. The summed E-state index contributed by atoms with van der Waals surface area (Å²) in [5, 5.41) is 15.6. The Balaban J connectivity index is 2.17. The van der Waals surface area contributed by atoms with Crippen LogP contribution in [-0.4, -0.2) is 63.7 Å². The Bertz CT molecular complexity index is 1720. The zero-order valence-corrected chi connectivity index (χ0v) is 32.8. The minimum absolute atomic E-state index is 0.0321. The summed E-state index contributed by atoms with van der Waals surface area (Å²) in [5.41, 5.74) is 0.563. The number of esters is 1. The summed E-state index contributed by atoms with van der Waals surface area (Å²) in [4.78, 5) is 58.3. The molecule has 0 heterocycles. The summed E-state index contributed by atoms with van der Waals surface area (Å²) in [5.74, 6) is 0.907. The van der Waals surface area contributed by atoms with E-state index in [0.717, 1.165) is 31.2 Å². The topological polar surface area (TPSA) is 134 Å². The van der Waals surface area contributed by atoms with Crippen LogP contribution in [0.1, 0.15) is 109 Å². The van der Waals surface area contributed by atoms with Gasteiger partial charge in [0.15, 0.2) is 0 Å². The Kier molecular flexibility index (Phi) is 16.2. The van der Waals surface area contributed by atoms with Gasteiger partial charge < -0.3 is 30.1 Å². The summed E-state index contributed by atoms with van der Waals surface area (Å²) in [6.45, 7) is 12.7. The first-order valence-corrected chi connectivity index (χ1v) is 18.7. The van der Waals surface area contributed by atoms with Crippen molar-refractivity contribution in [2.45, 2.75) is 123 Å². The lowest BCUT2D eigenvalue weighted by Crippen LogP contribution is -2.55. The molecule has 0 saturated heterocycles. The van der Waals surface area contributed by atoms with Gasteiger partial charge in [-0.15, -0.1) is 6.42 Å². The van der Waals surface area contributed by atoms with Crippen LogP contribution in [-0.2, 0) is 36.7 Å². The monoisotopic (exact) mass is 739 g/mol. The predicted molar refractivity (Wildman–Crippen MR) is 210 cm³/mol. The van der Waals surface area contributed by atoms with E-state index in [9.17, 15) is 19.5 Å². The molecule has 0 aromatic heterocycles. The second-order valence-corrected chi connectivity index (χ2v) is 15.4. The number of terminal acetylenes is 1. The number of carbonyl (C=O) groups is 4. The molecule has 0 saturated carbocycles. The van der Waals surface area contributed by atoms with Gasteiger partial charge in [0.05, 0.1) is 0 Å². The molecule has 0 bridgehead atoms. The molecule has 3 unspecified atom stereocenters. The van der Waals surface area contributed by atoms with Crippen LogP contribution in [0.2, 0.25) is 0 Å². The van der Waals surface area contributed by atoms with E-state index in [1.54, 1.807) is 77.9 Å². The number of aromatic hydroxyl groups is 1. The van der Waals surface area contributed by atoms with E-state index < -0.39 is 53.2 Å². The number of rotatable bonds is 17. The number of ether oxygens (including phenoxy) is 2. The fourth-order valence-electron chi connectivity index (χ4n) is 5.95. The first kappa shape index (κ1) is 43.1. The number of phenolic OH excluding ortho intramolecular Hbond substituents is 1. The quantitative estimate of drug-likeness (QED) is 0.0746. The second-order valence-electron chi connectivity index (χ2n) is 15.4. The van der Waals surface area contributed by atoms with Gasteiger partial charge in [0.25, 0.3) is 0 Å². The highest BCUT2D eigenvalue weighted by atomic mass is 16.6. The molecule has 0 fully saturated rings. The molecule has 0 aliphatic carbocycles. The molecule has 3 rings (SSSR count). The third kappa shape index (κ3) is 14.3. The van der Waals surface area contributed by atoms with E-state index in [1.165, 1.54) is 17.0 Å². The Morgan fingerprint density at radius 2 is 1.31 bits per heavy atom. The van der Waals surface area contributed by atoms with Crippen molar-refractivity contribution in [1.29, 1.82) is 0 Å². The molecule has 0 spiro atoms. The van der Waals surface area contributed by atoms with E-state index >= 15 is 4.79 Å². The molecule has 0 radical (unpaired) electrons. The lowest BCUT2D eigenvalue weighted by atomic mass is 9.95. The Labute approximate surface area is 321 Å². The summed E-state index contributed by atoms with van der Waals surface area (Å²) in [7, 11) is 0. The van der Waals surface area contributed by atoms with Gasteiger partial charge in [-0.1, -0.05) is 99.2 Å². The zero-order valence-electron chi connectivity index (χ0n) is 32.8. The minimum atomic E-state index is -1.29. The average molecular weight is 740 g/mol. The van der Waals surface area contributed by atoms with Crippen molar-refractivity contribution in [2.24, 2.45) is 0 Å². The molecule has 54 heavy (non-hydrogen) atoms. The van der Waals surface area contributed by atoms with Gasteiger partial charge in [-0.3, -0.25) is 9.59 Å². The first-order chi connectivity index (χ1) is 25.5. The molecule has 3 N–H and O–H groups in total. The molecule has 3 aromatic carbocycles. The maximum Gasteiger partial charge on any atom is 0.408 e. The van der Waals surface area contributed by atoms with Gasteiger partial charge in [0, 0.05) is 24.9 Å². The fourth-order valence-corrected chi connectivity index (χ4v) is 5.95. The summed E-state index contributed by atoms with van der Waals surface area (Å²) in [6.07, 6.45) is 9.67. The van der Waals surface area contributed by atoms with Crippen molar-refractivity contribution in [3.05, 3.63) is 101 Å². The Morgan fingerprint density at radius 3 is 1.93 bits per heavy atom. The molecule has 3 aromatic rings. The lowest BCUT2D eigenvalue weighted by molar-refractivity contribution is -0.159. The third-order valence-electron chi connectivity index (χ3n) is 8.41. The normalized spacial score (nSPS) is 13.1. The Morgan fingerprint density at radius 1 is 0.741 bits per heavy atom. The summed E-state index contributed by atoms with van der Waals surface area (Å²) < 4.78 is 11.3. The number of nitrogens with one attached hydrogen (secondary N) is 2. The second kappa shape index (κ2) is 20.2. The molecule has 0 aliphatic rings. The molecular weight excluding hydrogens is 682 g/mol. The largest absolute Gasteiger partial charge is 0.508 e. The number of phenols is 1. The number of nitrogens with zero attached hydrogens (tertiary/aromatic N) is 1. The highest BCUT2D eigenvalue weighted by Crippen LogP contribution is 2.28. The van der Waals surface area contributed by atoms with Crippen molar-refractivity contribution in [1.82, 2.24) is 15.5 Å². The fraction of sp³-hybridized carbons (Fsp3) is 0.455. The van der Waals surface area contributed by atoms with Crippen LogP contribution in [0.25, 0.3) is 0 Å². The van der Waals surface area contributed by atoms with Crippen molar-refractivity contribution < 1.29 is 33.8 Å². The maximum atomic E-state index is 15.0. The highest BCUT2D eigenvalue weighted by Gasteiger charge is 2.39. The first-order valence-electron chi connectivity index (χ1n) is 18.7. The highest BCUT2D eigenvalue weighted by molar-refractivity contribution is 5.94. The van der Waals surface area contributed by atoms with Crippen molar-refractivity contribution in [2.75, 3.05) is 6.54 Å². The molecule has 3 amide bonds. The van der Waals surface area contributed by atoms with Gasteiger partial charge >= 0.3 is 12.1 Å². The van der Waals surface area contributed by atoms with Crippen LogP contribution in [0.5, 0.6) is 5.75 Å². The van der Waals surface area contributed by atoms with Crippen LogP contribution < -0.4 is 10.6 Å². The third-order valence-corrected chi connectivity index (χ3v) is 8.41. The van der Waals surface area contributed by atoms with Gasteiger partial charge in [-0.2, -0.15) is 0 Å².